The first-order valence-corrected chi connectivity index (χ1v) is 9.58. The molecule has 9 nitrogen and oxygen atoms in total. The molecule has 4 rings (SSSR count). The van der Waals surface area contributed by atoms with Crippen molar-refractivity contribution in [3.05, 3.63) is 48.3 Å². The SMILES string of the molecule is O=C(Nc1ccc(OC(F)(F)F)cc1)Nc1cccc2[nH]c([C@H]3C[C@H](O)[C@@H](CO)O3)nc12. The first kappa shape index (κ1) is 21.9. The minimum absolute atomic E-state index is 0.260. The van der Waals surface area contributed by atoms with Gasteiger partial charge >= 0.3 is 12.4 Å². The number of aromatic nitrogens is 2. The van der Waals surface area contributed by atoms with E-state index in [9.17, 15) is 28.2 Å². The Kier molecular flexibility index (Phi) is 5.91. The number of urea groups is 1. The van der Waals surface area contributed by atoms with E-state index in [0.29, 0.717) is 22.5 Å². The number of carbonyl (C=O) groups is 1. The zero-order chi connectivity index (χ0) is 22.9. The molecule has 1 aromatic heterocycles. The van der Waals surface area contributed by atoms with E-state index in [1.54, 1.807) is 18.2 Å². The number of rotatable bonds is 5. The van der Waals surface area contributed by atoms with E-state index < -0.39 is 36.5 Å². The number of aromatic amines is 1. The van der Waals surface area contributed by atoms with Gasteiger partial charge in [-0.1, -0.05) is 6.07 Å². The molecule has 0 aliphatic carbocycles. The molecule has 3 aromatic rings. The Morgan fingerprint density at radius 3 is 2.62 bits per heavy atom. The summed E-state index contributed by atoms with van der Waals surface area (Å²) in [5.41, 5.74) is 1.72. The first-order valence-electron chi connectivity index (χ1n) is 9.58. The fourth-order valence-electron chi connectivity index (χ4n) is 3.40. The zero-order valence-corrected chi connectivity index (χ0v) is 16.4. The van der Waals surface area contributed by atoms with Gasteiger partial charge < -0.3 is 35.3 Å². The van der Waals surface area contributed by atoms with Gasteiger partial charge in [0.2, 0.25) is 0 Å². The Labute approximate surface area is 179 Å². The fraction of sp³-hybridized carbons (Fsp3) is 0.300. The zero-order valence-electron chi connectivity index (χ0n) is 16.4. The maximum Gasteiger partial charge on any atom is 0.573 e. The van der Waals surface area contributed by atoms with Gasteiger partial charge in [-0.2, -0.15) is 0 Å². The van der Waals surface area contributed by atoms with E-state index in [2.05, 4.69) is 25.3 Å². The molecule has 12 heteroatoms. The molecule has 1 aliphatic rings. The summed E-state index contributed by atoms with van der Waals surface area (Å²) < 4.78 is 46.1. The van der Waals surface area contributed by atoms with Gasteiger partial charge in [0.25, 0.3) is 0 Å². The quantitative estimate of drug-likeness (QED) is 0.404. The first-order chi connectivity index (χ1) is 15.2. The topological polar surface area (TPSA) is 129 Å². The molecule has 170 valence electrons. The van der Waals surface area contributed by atoms with Crippen molar-refractivity contribution in [1.82, 2.24) is 9.97 Å². The van der Waals surface area contributed by atoms with Crippen molar-refractivity contribution in [2.45, 2.75) is 31.1 Å². The lowest BCUT2D eigenvalue weighted by Crippen LogP contribution is -2.24. The fourth-order valence-corrected chi connectivity index (χ4v) is 3.40. The summed E-state index contributed by atoms with van der Waals surface area (Å²) in [5, 5.41) is 24.3. The number of aliphatic hydroxyl groups excluding tert-OH is 2. The molecule has 2 heterocycles. The number of imidazole rings is 1. The number of halogens is 3. The van der Waals surface area contributed by atoms with Crippen molar-refractivity contribution in [3.63, 3.8) is 0 Å². The molecule has 2 aromatic carbocycles. The highest BCUT2D eigenvalue weighted by atomic mass is 19.4. The van der Waals surface area contributed by atoms with Crippen LogP contribution in [0.15, 0.2) is 42.5 Å². The third-order valence-electron chi connectivity index (χ3n) is 4.83. The number of anilines is 2. The lowest BCUT2D eigenvalue weighted by atomic mass is 10.1. The Bertz CT molecular complexity index is 1100. The number of ether oxygens (including phenoxy) is 2. The van der Waals surface area contributed by atoms with Crippen molar-refractivity contribution in [2.24, 2.45) is 0 Å². The van der Waals surface area contributed by atoms with Crippen molar-refractivity contribution in [1.29, 1.82) is 0 Å². The van der Waals surface area contributed by atoms with Crippen LogP contribution in [-0.4, -0.2) is 51.4 Å². The predicted octanol–water partition coefficient (Wildman–Crippen LogP) is 3.29. The van der Waals surface area contributed by atoms with Gasteiger partial charge in [0.15, 0.2) is 0 Å². The Hall–Kier alpha value is -3.35. The van der Waals surface area contributed by atoms with E-state index in [0.717, 1.165) is 12.1 Å². The molecule has 0 spiro atoms. The summed E-state index contributed by atoms with van der Waals surface area (Å²) in [6, 6.07) is 9.17. The molecule has 0 unspecified atom stereocenters. The summed E-state index contributed by atoms with van der Waals surface area (Å²) in [6.45, 7) is -0.311. The molecule has 1 saturated heterocycles. The largest absolute Gasteiger partial charge is 0.573 e. The van der Waals surface area contributed by atoms with E-state index in [1.165, 1.54) is 12.1 Å². The molecule has 32 heavy (non-hydrogen) atoms. The summed E-state index contributed by atoms with van der Waals surface area (Å²) in [7, 11) is 0. The number of H-pyrrole nitrogens is 1. The number of carbonyl (C=O) groups excluding carboxylic acids is 1. The number of hydrogen-bond acceptors (Lipinski definition) is 6. The number of benzene rings is 2. The molecular weight excluding hydrogens is 433 g/mol. The van der Waals surface area contributed by atoms with Gasteiger partial charge in [0.05, 0.1) is 23.9 Å². The second-order valence-corrected chi connectivity index (χ2v) is 7.12. The molecule has 0 saturated carbocycles. The van der Waals surface area contributed by atoms with Crippen LogP contribution in [0.3, 0.4) is 0 Å². The van der Waals surface area contributed by atoms with Gasteiger partial charge in [0.1, 0.15) is 29.3 Å². The van der Waals surface area contributed by atoms with Crippen molar-refractivity contribution >= 4 is 28.4 Å². The van der Waals surface area contributed by atoms with E-state index >= 15 is 0 Å². The third-order valence-corrected chi connectivity index (χ3v) is 4.83. The van der Waals surface area contributed by atoms with Gasteiger partial charge in [-0.05, 0) is 36.4 Å². The lowest BCUT2D eigenvalue weighted by molar-refractivity contribution is -0.274. The maximum atomic E-state index is 12.4. The predicted molar refractivity (Wildman–Crippen MR) is 107 cm³/mol. The van der Waals surface area contributed by atoms with E-state index in [4.69, 9.17) is 4.74 Å². The van der Waals surface area contributed by atoms with Crippen molar-refractivity contribution < 1.29 is 37.7 Å². The summed E-state index contributed by atoms with van der Waals surface area (Å²) in [5.74, 6) is 0.0462. The molecule has 5 N–H and O–H groups in total. The minimum atomic E-state index is -4.80. The van der Waals surface area contributed by atoms with Crippen molar-refractivity contribution in [2.75, 3.05) is 17.2 Å². The van der Waals surface area contributed by atoms with E-state index in [1.807, 2.05) is 0 Å². The highest BCUT2D eigenvalue weighted by Crippen LogP contribution is 2.33. The smallest absolute Gasteiger partial charge is 0.406 e. The van der Waals surface area contributed by atoms with Gasteiger partial charge in [-0.15, -0.1) is 13.2 Å². The second kappa shape index (κ2) is 8.65. The Balaban J connectivity index is 1.45. The molecular formula is C20H19F3N4O5. The maximum absolute atomic E-state index is 12.4. The van der Waals surface area contributed by atoms with Gasteiger partial charge in [0, 0.05) is 12.1 Å². The number of nitrogens with zero attached hydrogens (tertiary/aromatic N) is 1. The monoisotopic (exact) mass is 452 g/mol. The Morgan fingerprint density at radius 2 is 1.97 bits per heavy atom. The number of fused-ring (bicyclic) bond motifs is 1. The normalized spacial score (nSPS) is 21.0. The summed E-state index contributed by atoms with van der Waals surface area (Å²) >= 11 is 0. The third kappa shape index (κ3) is 4.93. The number of alkyl halides is 3. The molecule has 0 bridgehead atoms. The van der Waals surface area contributed by atoms with Crippen molar-refractivity contribution in [3.8, 4) is 5.75 Å². The van der Waals surface area contributed by atoms with Crippen LogP contribution in [0.25, 0.3) is 11.0 Å². The van der Waals surface area contributed by atoms with Crippen LogP contribution in [0, 0.1) is 0 Å². The molecule has 2 amide bonds. The van der Waals surface area contributed by atoms with Crippen LogP contribution < -0.4 is 15.4 Å². The standard InChI is InChI=1S/C20H19F3N4O5/c21-20(22,23)32-11-6-4-10(5-7-11)24-19(30)26-13-3-1-2-12-17(13)27-18(25-12)15-8-14(29)16(9-28)31-15/h1-7,14-16,28-29H,8-9H2,(H,25,27)(H2,24,26,30)/t14-,15+,16+/m0/s1. The van der Waals surface area contributed by atoms with Crippen LogP contribution in [0.5, 0.6) is 5.75 Å². The van der Waals surface area contributed by atoms with Gasteiger partial charge in [-0.3, -0.25) is 0 Å². The lowest BCUT2D eigenvalue weighted by Gasteiger charge is -2.11. The van der Waals surface area contributed by atoms with Crippen LogP contribution in [0.1, 0.15) is 18.3 Å². The number of amides is 2. The minimum Gasteiger partial charge on any atom is -0.406 e. The molecule has 0 radical (unpaired) electrons. The number of nitrogens with one attached hydrogen (secondary N) is 3. The number of aliphatic hydroxyl groups is 2. The van der Waals surface area contributed by atoms with Crippen LogP contribution >= 0.6 is 0 Å². The Morgan fingerprint density at radius 1 is 1.22 bits per heavy atom. The summed E-state index contributed by atoms with van der Waals surface area (Å²) in [6.07, 6.45) is -6.57. The molecule has 1 fully saturated rings. The summed E-state index contributed by atoms with van der Waals surface area (Å²) in [4.78, 5) is 19.9. The van der Waals surface area contributed by atoms with Crippen LogP contribution in [0.4, 0.5) is 29.3 Å². The number of hydrogen-bond donors (Lipinski definition) is 5. The van der Waals surface area contributed by atoms with Gasteiger partial charge in [-0.25, -0.2) is 9.78 Å². The average molecular weight is 452 g/mol. The highest BCUT2D eigenvalue weighted by Gasteiger charge is 2.36. The van der Waals surface area contributed by atoms with Crippen LogP contribution in [0.2, 0.25) is 0 Å². The molecule has 3 atom stereocenters. The average Bonchev–Trinajstić information content (AvgIpc) is 3.32. The van der Waals surface area contributed by atoms with Crippen LogP contribution in [-0.2, 0) is 4.74 Å². The number of para-hydroxylation sites is 1. The highest BCUT2D eigenvalue weighted by molar-refractivity contribution is 6.04. The van der Waals surface area contributed by atoms with E-state index in [-0.39, 0.29) is 18.7 Å². The molecule has 1 aliphatic heterocycles. The second-order valence-electron chi connectivity index (χ2n) is 7.12.